The molecule has 1 saturated heterocycles. The van der Waals surface area contributed by atoms with E-state index in [9.17, 15) is 30.0 Å². The molecule has 4 atom stereocenters. The van der Waals surface area contributed by atoms with Crippen molar-refractivity contribution in [3.05, 3.63) is 0 Å². The first-order valence-corrected chi connectivity index (χ1v) is 11.0. The highest BCUT2D eigenvalue weighted by Crippen LogP contribution is 2.14. The number of carbonyl (C=O) groups excluding carboxylic acids is 2. The zero-order chi connectivity index (χ0) is 21.6. The van der Waals surface area contributed by atoms with Gasteiger partial charge in [0.2, 0.25) is 5.91 Å². The molecule has 1 aliphatic rings. The molecule has 0 bridgehead atoms. The quantitative estimate of drug-likeness (QED) is 0.284. The number of carbonyl (C=O) groups is 2. The number of esters is 1. The predicted molar refractivity (Wildman–Crippen MR) is 112 cm³/mol. The van der Waals surface area contributed by atoms with Crippen LogP contribution in [-0.2, 0) is 14.3 Å². The Kier molecular flexibility index (Phi) is 15.7. The number of cyclic esters (lactones) is 1. The fourth-order valence-electron chi connectivity index (χ4n) is 3.43. The number of β-amino-alcohol motifs (C(OH)–C–C–N with tert-alkyl or cyclic N) is 1. The van der Waals surface area contributed by atoms with E-state index >= 15 is 0 Å². The molecule has 30 heavy (non-hydrogen) atoms. The summed E-state index contributed by atoms with van der Waals surface area (Å²) < 4.78 is 4.85. The first-order chi connectivity index (χ1) is 13.9. The van der Waals surface area contributed by atoms with Crippen molar-refractivity contribution in [2.45, 2.75) is 102 Å². The molecule has 1 heterocycles. The van der Waals surface area contributed by atoms with Crippen LogP contribution in [0.2, 0.25) is 0 Å². The monoisotopic (exact) mass is 435 g/mol. The van der Waals surface area contributed by atoms with Gasteiger partial charge in [-0.15, -0.1) is 0 Å². The Morgan fingerprint density at radius 1 is 0.933 bits per heavy atom. The van der Waals surface area contributed by atoms with E-state index in [1.807, 2.05) is 0 Å². The minimum absolute atomic E-state index is 0. The van der Waals surface area contributed by atoms with Crippen LogP contribution < -0.4 is 0 Å². The summed E-state index contributed by atoms with van der Waals surface area (Å²) >= 11 is 0. The standard InChI is InChI=1S/C21H39NO7.H2O/c1-2-3-4-5-6-7-8-9-10-11-18(25)22-13-12-19(26)29-15-17(24)21(28)20(27)16(23)14-22;/h16-17,20-21,23-24,27-28H,2-15H2,1H3;1H2/t16-,17+,20-,21-;/m1./s1. The van der Waals surface area contributed by atoms with Crippen molar-refractivity contribution in [3.63, 3.8) is 0 Å². The fraction of sp³-hybridized carbons (Fsp3) is 0.905. The smallest absolute Gasteiger partial charge is 0.307 e. The second-order valence-corrected chi connectivity index (χ2v) is 7.97. The lowest BCUT2D eigenvalue weighted by Crippen LogP contribution is -2.50. The van der Waals surface area contributed by atoms with Gasteiger partial charge in [-0.05, 0) is 6.42 Å². The summed E-state index contributed by atoms with van der Waals surface area (Å²) in [6.45, 7) is 1.57. The highest BCUT2D eigenvalue weighted by molar-refractivity contribution is 5.77. The molecule has 1 amide bonds. The van der Waals surface area contributed by atoms with Crippen LogP contribution in [0.15, 0.2) is 0 Å². The van der Waals surface area contributed by atoms with Gasteiger partial charge < -0.3 is 35.5 Å². The summed E-state index contributed by atoms with van der Waals surface area (Å²) in [5.41, 5.74) is 0. The summed E-state index contributed by atoms with van der Waals surface area (Å²) in [7, 11) is 0. The Balaban J connectivity index is 0.00000841. The number of unbranched alkanes of at least 4 members (excludes halogenated alkanes) is 8. The van der Waals surface area contributed by atoms with Crippen LogP contribution in [0.5, 0.6) is 0 Å². The van der Waals surface area contributed by atoms with Crippen molar-refractivity contribution in [3.8, 4) is 0 Å². The molecule has 0 unspecified atom stereocenters. The van der Waals surface area contributed by atoms with Gasteiger partial charge in [0, 0.05) is 19.5 Å². The second kappa shape index (κ2) is 16.4. The first kappa shape index (κ1) is 28.7. The number of hydrogen-bond donors (Lipinski definition) is 4. The zero-order valence-corrected chi connectivity index (χ0v) is 18.2. The Bertz CT molecular complexity index is 476. The molecule has 178 valence electrons. The normalized spacial score (nSPS) is 25.8. The highest BCUT2D eigenvalue weighted by Gasteiger charge is 2.33. The van der Waals surface area contributed by atoms with Crippen molar-refractivity contribution in [1.82, 2.24) is 4.90 Å². The van der Waals surface area contributed by atoms with E-state index in [4.69, 9.17) is 4.74 Å². The minimum Gasteiger partial charge on any atom is -0.463 e. The molecule has 9 heteroatoms. The molecule has 9 nitrogen and oxygen atoms in total. The number of amides is 1. The SMILES string of the molecule is CCCCCCCCCCCC(=O)N1CCC(=O)OC[C@H](O)[C@@H](O)[C@H](O)[C@H](O)C1.O. The third-order valence-corrected chi connectivity index (χ3v) is 5.39. The molecular formula is C21H41NO8. The molecule has 0 aromatic rings. The first-order valence-electron chi connectivity index (χ1n) is 11.0. The number of rotatable bonds is 10. The van der Waals surface area contributed by atoms with Gasteiger partial charge in [0.05, 0.1) is 6.42 Å². The van der Waals surface area contributed by atoms with Gasteiger partial charge in [-0.25, -0.2) is 0 Å². The molecule has 0 radical (unpaired) electrons. The average molecular weight is 436 g/mol. The van der Waals surface area contributed by atoms with Gasteiger partial charge in [-0.3, -0.25) is 9.59 Å². The summed E-state index contributed by atoms with van der Waals surface area (Å²) in [6, 6.07) is 0. The molecule has 0 saturated carbocycles. The Labute approximate surface area is 179 Å². The zero-order valence-electron chi connectivity index (χ0n) is 18.2. The van der Waals surface area contributed by atoms with E-state index in [2.05, 4.69) is 6.92 Å². The van der Waals surface area contributed by atoms with Crippen LogP contribution in [0.25, 0.3) is 0 Å². The van der Waals surface area contributed by atoms with Gasteiger partial charge in [0.25, 0.3) is 0 Å². The lowest BCUT2D eigenvalue weighted by molar-refractivity contribution is -0.153. The third kappa shape index (κ3) is 11.2. The summed E-state index contributed by atoms with van der Waals surface area (Å²) in [6.07, 6.45) is 4.19. The number of nitrogens with zero attached hydrogens (tertiary/aromatic N) is 1. The van der Waals surface area contributed by atoms with Gasteiger partial charge in [0.15, 0.2) is 0 Å². The molecular weight excluding hydrogens is 394 g/mol. The van der Waals surface area contributed by atoms with Gasteiger partial charge in [-0.1, -0.05) is 58.3 Å². The molecule has 1 fully saturated rings. The van der Waals surface area contributed by atoms with Crippen molar-refractivity contribution >= 4 is 11.9 Å². The van der Waals surface area contributed by atoms with E-state index < -0.39 is 37.0 Å². The van der Waals surface area contributed by atoms with Crippen LogP contribution >= 0.6 is 0 Å². The Hall–Kier alpha value is -1.26. The van der Waals surface area contributed by atoms with Crippen LogP contribution in [-0.4, -0.2) is 86.8 Å². The minimum atomic E-state index is -1.68. The molecule has 0 spiro atoms. The lowest BCUT2D eigenvalue weighted by atomic mass is 10.0. The van der Waals surface area contributed by atoms with Gasteiger partial charge in [-0.2, -0.15) is 0 Å². The molecule has 0 aliphatic carbocycles. The van der Waals surface area contributed by atoms with Crippen molar-refractivity contribution in [1.29, 1.82) is 0 Å². The fourth-order valence-corrected chi connectivity index (χ4v) is 3.43. The highest BCUT2D eigenvalue weighted by atomic mass is 16.5. The van der Waals surface area contributed by atoms with Crippen LogP contribution in [0.1, 0.15) is 77.6 Å². The molecule has 1 aliphatic heterocycles. The second-order valence-electron chi connectivity index (χ2n) is 7.97. The van der Waals surface area contributed by atoms with Crippen molar-refractivity contribution in [2.75, 3.05) is 19.7 Å². The maximum absolute atomic E-state index is 12.5. The van der Waals surface area contributed by atoms with Gasteiger partial charge >= 0.3 is 5.97 Å². The van der Waals surface area contributed by atoms with Gasteiger partial charge in [0.1, 0.15) is 31.0 Å². The van der Waals surface area contributed by atoms with Crippen LogP contribution in [0.4, 0.5) is 0 Å². The third-order valence-electron chi connectivity index (χ3n) is 5.39. The summed E-state index contributed by atoms with van der Waals surface area (Å²) in [5, 5.41) is 39.8. The van der Waals surface area contributed by atoms with Crippen molar-refractivity contribution < 1.29 is 40.2 Å². The Morgan fingerprint density at radius 2 is 1.47 bits per heavy atom. The summed E-state index contributed by atoms with van der Waals surface area (Å²) in [4.78, 5) is 25.6. The number of aliphatic hydroxyl groups is 4. The molecule has 0 aromatic heterocycles. The largest absolute Gasteiger partial charge is 0.463 e. The number of ether oxygens (including phenoxy) is 1. The Morgan fingerprint density at radius 3 is 2.07 bits per heavy atom. The van der Waals surface area contributed by atoms with Crippen molar-refractivity contribution in [2.24, 2.45) is 0 Å². The lowest BCUT2D eigenvalue weighted by Gasteiger charge is -2.29. The topological polar surface area (TPSA) is 159 Å². The maximum atomic E-state index is 12.5. The molecule has 0 aromatic carbocycles. The summed E-state index contributed by atoms with van der Waals surface area (Å²) in [5.74, 6) is -0.815. The average Bonchev–Trinajstić information content (AvgIpc) is 2.72. The number of hydrogen-bond acceptors (Lipinski definition) is 7. The van der Waals surface area contributed by atoms with Crippen LogP contribution in [0, 0.1) is 0 Å². The predicted octanol–water partition coefficient (Wildman–Crippen LogP) is 0.302. The number of aliphatic hydroxyl groups excluding tert-OH is 4. The van der Waals surface area contributed by atoms with E-state index in [1.54, 1.807) is 0 Å². The van der Waals surface area contributed by atoms with E-state index in [0.29, 0.717) is 6.42 Å². The molecule has 6 N–H and O–H groups in total. The molecule has 1 rings (SSSR count). The van der Waals surface area contributed by atoms with E-state index in [-0.39, 0.29) is 30.9 Å². The van der Waals surface area contributed by atoms with E-state index in [1.165, 1.54) is 43.4 Å². The maximum Gasteiger partial charge on any atom is 0.307 e. The van der Waals surface area contributed by atoms with E-state index in [0.717, 1.165) is 19.3 Å². The van der Waals surface area contributed by atoms with Crippen LogP contribution in [0.3, 0.4) is 0 Å².